The van der Waals surface area contributed by atoms with Gasteiger partial charge in [-0.3, -0.25) is 0 Å². The second-order valence-corrected chi connectivity index (χ2v) is 7.98. The summed E-state index contributed by atoms with van der Waals surface area (Å²) in [4.78, 5) is 11.5. The molecular formula is C19H29N9O. The Hall–Kier alpha value is -2.62. The molecule has 0 saturated carbocycles. The van der Waals surface area contributed by atoms with Gasteiger partial charge in [0.2, 0.25) is 0 Å². The van der Waals surface area contributed by atoms with Crippen LogP contribution in [0.3, 0.4) is 0 Å². The molecule has 29 heavy (non-hydrogen) atoms. The van der Waals surface area contributed by atoms with Gasteiger partial charge in [-0.2, -0.15) is 5.10 Å². The molecule has 0 radical (unpaired) electrons. The standard InChI is InChI=1S/C19H29N9O/c1-5-6-7-28-19-16(14(23-28)10-13(2)3)18(20-12-21-19)27-8-9-29-15(11-27)17-22-24-25-26(17)4/h12-13,15H,5-11H2,1-4H3. The van der Waals surface area contributed by atoms with Crippen molar-refractivity contribution in [2.45, 2.75) is 52.7 Å². The summed E-state index contributed by atoms with van der Waals surface area (Å²) in [5.41, 5.74) is 1.99. The van der Waals surface area contributed by atoms with Gasteiger partial charge in [0.05, 0.1) is 24.2 Å². The number of rotatable bonds is 7. The number of tetrazole rings is 1. The number of fused-ring (bicyclic) bond motifs is 1. The molecule has 0 amide bonds. The van der Waals surface area contributed by atoms with Crippen molar-refractivity contribution in [2.75, 3.05) is 24.6 Å². The predicted octanol–water partition coefficient (Wildman–Crippen LogP) is 1.93. The summed E-state index contributed by atoms with van der Waals surface area (Å²) in [6.45, 7) is 9.48. The van der Waals surface area contributed by atoms with Gasteiger partial charge in [0.25, 0.3) is 0 Å². The maximum atomic E-state index is 5.95. The molecule has 1 fully saturated rings. The lowest BCUT2D eigenvalue weighted by Gasteiger charge is -2.33. The highest BCUT2D eigenvalue weighted by Gasteiger charge is 2.29. The van der Waals surface area contributed by atoms with Gasteiger partial charge < -0.3 is 9.64 Å². The van der Waals surface area contributed by atoms with Crippen LogP contribution in [0.1, 0.15) is 51.2 Å². The molecule has 3 aromatic heterocycles. The largest absolute Gasteiger partial charge is 0.366 e. The first-order valence-corrected chi connectivity index (χ1v) is 10.4. The molecule has 0 aliphatic carbocycles. The summed E-state index contributed by atoms with van der Waals surface area (Å²) in [5, 5.41) is 17.8. The van der Waals surface area contributed by atoms with Crippen molar-refractivity contribution < 1.29 is 4.74 Å². The Balaban J connectivity index is 1.72. The Labute approximate surface area is 170 Å². The van der Waals surface area contributed by atoms with Gasteiger partial charge in [-0.15, -0.1) is 5.10 Å². The van der Waals surface area contributed by atoms with Crippen LogP contribution in [0.5, 0.6) is 0 Å². The molecule has 0 N–H and O–H groups in total. The second kappa shape index (κ2) is 8.40. The molecule has 0 aromatic carbocycles. The number of hydrogen-bond donors (Lipinski definition) is 0. The van der Waals surface area contributed by atoms with E-state index in [-0.39, 0.29) is 6.10 Å². The lowest BCUT2D eigenvalue weighted by Crippen LogP contribution is -2.40. The third-order valence-electron chi connectivity index (χ3n) is 5.21. The minimum absolute atomic E-state index is 0.197. The Morgan fingerprint density at radius 1 is 1.28 bits per heavy atom. The van der Waals surface area contributed by atoms with Crippen molar-refractivity contribution in [3.8, 4) is 0 Å². The fourth-order valence-corrected chi connectivity index (χ4v) is 3.80. The van der Waals surface area contributed by atoms with E-state index in [0.717, 1.165) is 60.7 Å². The normalized spacial score (nSPS) is 17.6. The zero-order valence-corrected chi connectivity index (χ0v) is 17.6. The van der Waals surface area contributed by atoms with E-state index in [2.05, 4.69) is 51.2 Å². The molecule has 10 heteroatoms. The topological polar surface area (TPSA) is 99.7 Å². The van der Waals surface area contributed by atoms with Crippen molar-refractivity contribution in [3.05, 3.63) is 17.8 Å². The number of aryl methyl sites for hydroxylation is 2. The van der Waals surface area contributed by atoms with E-state index in [4.69, 9.17) is 9.84 Å². The highest BCUT2D eigenvalue weighted by Crippen LogP contribution is 2.31. The van der Waals surface area contributed by atoms with Crippen LogP contribution < -0.4 is 4.90 Å². The van der Waals surface area contributed by atoms with Crippen LogP contribution in [0.25, 0.3) is 11.0 Å². The molecule has 0 bridgehead atoms. The zero-order chi connectivity index (χ0) is 20.4. The van der Waals surface area contributed by atoms with Gasteiger partial charge in [0.15, 0.2) is 11.5 Å². The molecule has 3 aromatic rings. The predicted molar refractivity (Wildman–Crippen MR) is 108 cm³/mol. The van der Waals surface area contributed by atoms with Crippen LogP contribution in [0.4, 0.5) is 5.82 Å². The number of aromatic nitrogens is 8. The molecule has 10 nitrogen and oxygen atoms in total. The molecule has 1 saturated heterocycles. The Kier molecular flexibility index (Phi) is 5.70. The zero-order valence-electron chi connectivity index (χ0n) is 17.6. The van der Waals surface area contributed by atoms with Gasteiger partial charge in [0, 0.05) is 20.1 Å². The highest BCUT2D eigenvalue weighted by molar-refractivity contribution is 5.90. The molecule has 1 aliphatic rings. The molecule has 0 spiro atoms. The average molecular weight is 400 g/mol. The lowest BCUT2D eigenvalue weighted by atomic mass is 10.1. The molecule has 4 heterocycles. The molecule has 1 atom stereocenters. The fraction of sp³-hybridized carbons (Fsp3) is 0.684. The summed E-state index contributed by atoms with van der Waals surface area (Å²) in [7, 11) is 1.83. The van der Waals surface area contributed by atoms with Crippen LogP contribution in [0, 0.1) is 5.92 Å². The first-order valence-electron chi connectivity index (χ1n) is 10.4. The highest BCUT2D eigenvalue weighted by atomic mass is 16.5. The lowest BCUT2D eigenvalue weighted by molar-refractivity contribution is 0.0314. The smallest absolute Gasteiger partial charge is 0.181 e. The number of nitrogens with zero attached hydrogens (tertiary/aromatic N) is 9. The molecule has 1 unspecified atom stereocenters. The second-order valence-electron chi connectivity index (χ2n) is 7.98. The van der Waals surface area contributed by atoms with Gasteiger partial charge in [-0.25, -0.2) is 19.3 Å². The molecular weight excluding hydrogens is 370 g/mol. The Morgan fingerprint density at radius 2 is 2.14 bits per heavy atom. The van der Waals surface area contributed by atoms with Crippen molar-refractivity contribution in [2.24, 2.45) is 13.0 Å². The third kappa shape index (κ3) is 3.93. The number of ether oxygens (including phenoxy) is 1. The number of unbranched alkanes of at least 4 members (excludes halogenated alkanes) is 1. The fourth-order valence-electron chi connectivity index (χ4n) is 3.80. The minimum atomic E-state index is -0.197. The van der Waals surface area contributed by atoms with E-state index < -0.39 is 0 Å². The molecule has 4 rings (SSSR count). The van der Waals surface area contributed by atoms with Crippen LogP contribution >= 0.6 is 0 Å². The molecule has 1 aliphatic heterocycles. The van der Waals surface area contributed by atoms with E-state index in [1.807, 2.05) is 11.7 Å². The van der Waals surface area contributed by atoms with Gasteiger partial charge in [-0.1, -0.05) is 27.2 Å². The van der Waals surface area contributed by atoms with Crippen LogP contribution in [0.2, 0.25) is 0 Å². The van der Waals surface area contributed by atoms with Gasteiger partial charge in [-0.05, 0) is 29.2 Å². The van der Waals surface area contributed by atoms with Crippen molar-refractivity contribution in [1.29, 1.82) is 0 Å². The van der Waals surface area contributed by atoms with E-state index in [0.29, 0.717) is 19.1 Å². The first-order chi connectivity index (χ1) is 14.1. The minimum Gasteiger partial charge on any atom is -0.366 e. The summed E-state index contributed by atoms with van der Waals surface area (Å²) in [6, 6.07) is 0. The van der Waals surface area contributed by atoms with Gasteiger partial charge in [0.1, 0.15) is 18.2 Å². The van der Waals surface area contributed by atoms with Gasteiger partial charge >= 0.3 is 0 Å². The van der Waals surface area contributed by atoms with Crippen molar-refractivity contribution >= 4 is 16.9 Å². The maximum absolute atomic E-state index is 5.95. The third-order valence-corrected chi connectivity index (χ3v) is 5.21. The molecule has 156 valence electrons. The van der Waals surface area contributed by atoms with E-state index in [9.17, 15) is 0 Å². The summed E-state index contributed by atoms with van der Waals surface area (Å²) < 4.78 is 9.66. The quantitative estimate of drug-likeness (QED) is 0.594. The van der Waals surface area contributed by atoms with Crippen molar-refractivity contribution in [1.82, 2.24) is 40.0 Å². The summed E-state index contributed by atoms with van der Waals surface area (Å²) in [6.07, 6.45) is 4.55. The first kappa shape index (κ1) is 19.7. The number of morpholine rings is 1. The Bertz CT molecular complexity index is 964. The maximum Gasteiger partial charge on any atom is 0.181 e. The summed E-state index contributed by atoms with van der Waals surface area (Å²) >= 11 is 0. The summed E-state index contributed by atoms with van der Waals surface area (Å²) in [5.74, 6) is 2.15. The number of anilines is 1. The van der Waals surface area contributed by atoms with Crippen LogP contribution in [-0.4, -0.2) is 59.7 Å². The Morgan fingerprint density at radius 3 is 2.86 bits per heavy atom. The number of hydrogen-bond acceptors (Lipinski definition) is 8. The average Bonchev–Trinajstić information content (AvgIpc) is 3.29. The van der Waals surface area contributed by atoms with E-state index in [1.165, 1.54) is 0 Å². The van der Waals surface area contributed by atoms with Crippen LogP contribution in [-0.2, 0) is 24.8 Å². The van der Waals surface area contributed by atoms with E-state index >= 15 is 0 Å². The van der Waals surface area contributed by atoms with E-state index in [1.54, 1.807) is 11.0 Å². The van der Waals surface area contributed by atoms with Crippen molar-refractivity contribution in [3.63, 3.8) is 0 Å². The monoisotopic (exact) mass is 399 g/mol. The SMILES string of the molecule is CCCCn1nc(CC(C)C)c2c(N3CCOC(c4nnnn4C)C3)ncnc21. The van der Waals surface area contributed by atoms with Crippen LogP contribution in [0.15, 0.2) is 6.33 Å².